The van der Waals surface area contributed by atoms with E-state index in [0.717, 1.165) is 5.69 Å². The second-order valence-corrected chi connectivity index (χ2v) is 7.16. The molecule has 0 bridgehead atoms. The zero-order chi connectivity index (χ0) is 21.1. The Kier molecular flexibility index (Phi) is 10.1. The van der Waals surface area contributed by atoms with Gasteiger partial charge in [0.1, 0.15) is 13.1 Å². The van der Waals surface area contributed by atoms with Crippen LogP contribution in [0.25, 0.3) is 0 Å². The smallest absolute Gasteiger partial charge is 0.325 e. The lowest BCUT2D eigenvalue weighted by atomic mass is 10.2. The normalized spacial score (nSPS) is 10.6. The predicted molar refractivity (Wildman–Crippen MR) is 108 cm³/mol. The van der Waals surface area contributed by atoms with Crippen LogP contribution in [0.1, 0.15) is 39.8 Å². The zero-order valence-corrected chi connectivity index (χ0v) is 17.7. The minimum Gasteiger partial charge on any atom is -0.465 e. The van der Waals surface area contributed by atoms with Crippen LogP contribution >= 0.6 is 0 Å². The highest BCUT2D eigenvalue weighted by Crippen LogP contribution is 2.09. The molecule has 1 N–H and O–H groups in total. The quantitative estimate of drug-likeness (QED) is 0.582. The Morgan fingerprint density at radius 3 is 2.46 bits per heavy atom. The second kappa shape index (κ2) is 12.0. The van der Waals surface area contributed by atoms with Crippen molar-refractivity contribution in [3.63, 3.8) is 0 Å². The molecule has 0 aliphatic rings. The Hall–Kier alpha value is -2.51. The van der Waals surface area contributed by atoms with Crippen LogP contribution in [0.15, 0.2) is 18.3 Å². The van der Waals surface area contributed by atoms with Gasteiger partial charge in [-0.25, -0.2) is 4.79 Å². The summed E-state index contributed by atoms with van der Waals surface area (Å²) in [6, 6.07) is 3.49. The summed E-state index contributed by atoms with van der Waals surface area (Å²) >= 11 is 0. The molecule has 158 valence electrons. The van der Waals surface area contributed by atoms with Crippen LogP contribution in [-0.2, 0) is 27.9 Å². The van der Waals surface area contributed by atoms with Crippen molar-refractivity contribution in [1.82, 2.24) is 19.7 Å². The summed E-state index contributed by atoms with van der Waals surface area (Å²) in [6.07, 6.45) is 2.65. The average molecular weight is 395 g/mol. The summed E-state index contributed by atoms with van der Waals surface area (Å²) in [5.74, 6) is -0.306. The summed E-state index contributed by atoms with van der Waals surface area (Å²) in [5.41, 5.74) is 1.03. The molecule has 1 heterocycles. The number of nitrogens with one attached hydrogen (secondary N) is 1. The van der Waals surface area contributed by atoms with Gasteiger partial charge in [-0.1, -0.05) is 20.8 Å². The molecule has 1 aromatic rings. The fraction of sp³-hybridized carbons (Fsp3) is 0.650. The molecule has 0 aliphatic heterocycles. The molecule has 0 radical (unpaired) electrons. The molecule has 8 nitrogen and oxygen atoms in total. The lowest BCUT2D eigenvalue weighted by Crippen LogP contribution is -2.48. The van der Waals surface area contributed by atoms with Gasteiger partial charge < -0.3 is 24.4 Å². The summed E-state index contributed by atoms with van der Waals surface area (Å²) in [7, 11) is 1.94. The fourth-order valence-electron chi connectivity index (χ4n) is 2.81. The summed E-state index contributed by atoms with van der Waals surface area (Å²) in [5, 5.41) is 2.53. The minimum absolute atomic E-state index is 0.0281. The number of esters is 1. The third-order valence-corrected chi connectivity index (χ3v) is 4.14. The Balaban J connectivity index is 2.77. The van der Waals surface area contributed by atoms with Crippen LogP contribution in [0, 0.1) is 5.92 Å². The lowest BCUT2D eigenvalue weighted by Gasteiger charge is -2.29. The molecular weight excluding hydrogens is 360 g/mol. The maximum atomic E-state index is 12.9. The van der Waals surface area contributed by atoms with Gasteiger partial charge >= 0.3 is 12.0 Å². The van der Waals surface area contributed by atoms with Gasteiger partial charge in [0, 0.05) is 32.0 Å². The van der Waals surface area contributed by atoms with Gasteiger partial charge in [-0.3, -0.25) is 9.59 Å². The van der Waals surface area contributed by atoms with Crippen molar-refractivity contribution in [2.75, 3.05) is 32.8 Å². The topological polar surface area (TPSA) is 83.9 Å². The van der Waals surface area contributed by atoms with Crippen molar-refractivity contribution in [3.05, 3.63) is 24.0 Å². The van der Waals surface area contributed by atoms with Crippen molar-refractivity contribution < 1.29 is 19.1 Å². The SMILES string of the molecule is CCCN(CC(=O)N(Cc1cccn1C)CC(C)C)C(=O)NCC(=O)OCC. The molecular formula is C20H34N4O4. The molecule has 0 fully saturated rings. The average Bonchev–Trinajstić information content (AvgIpc) is 3.03. The number of ether oxygens (including phenoxy) is 1. The molecule has 28 heavy (non-hydrogen) atoms. The number of aromatic nitrogens is 1. The maximum Gasteiger partial charge on any atom is 0.325 e. The van der Waals surface area contributed by atoms with E-state index in [9.17, 15) is 14.4 Å². The van der Waals surface area contributed by atoms with Crippen LogP contribution in [-0.4, -0.2) is 65.1 Å². The van der Waals surface area contributed by atoms with Gasteiger partial charge in [-0.05, 0) is 31.4 Å². The first-order chi connectivity index (χ1) is 13.3. The summed E-state index contributed by atoms with van der Waals surface area (Å²) in [6.45, 7) is 9.31. The Morgan fingerprint density at radius 2 is 1.93 bits per heavy atom. The Labute approximate surface area is 167 Å². The van der Waals surface area contributed by atoms with Crippen LogP contribution in [0.4, 0.5) is 4.79 Å². The number of hydrogen-bond acceptors (Lipinski definition) is 4. The van der Waals surface area contributed by atoms with E-state index in [1.807, 2.05) is 36.9 Å². The molecule has 0 spiro atoms. The van der Waals surface area contributed by atoms with E-state index in [-0.39, 0.29) is 25.6 Å². The highest BCUT2D eigenvalue weighted by Gasteiger charge is 2.22. The monoisotopic (exact) mass is 394 g/mol. The van der Waals surface area contributed by atoms with Crippen LogP contribution in [0.3, 0.4) is 0 Å². The van der Waals surface area contributed by atoms with Crippen molar-refractivity contribution in [2.45, 2.75) is 40.7 Å². The molecule has 0 aliphatic carbocycles. The number of nitrogens with zero attached hydrogens (tertiary/aromatic N) is 3. The van der Waals surface area contributed by atoms with Crippen molar-refractivity contribution in [3.8, 4) is 0 Å². The number of aryl methyl sites for hydroxylation is 1. The molecule has 0 atom stereocenters. The van der Waals surface area contributed by atoms with E-state index in [2.05, 4.69) is 19.2 Å². The molecule has 1 rings (SSSR count). The van der Waals surface area contributed by atoms with Gasteiger partial charge in [-0.2, -0.15) is 0 Å². The first kappa shape index (κ1) is 23.5. The molecule has 3 amide bonds. The fourth-order valence-corrected chi connectivity index (χ4v) is 2.81. The second-order valence-electron chi connectivity index (χ2n) is 7.16. The summed E-state index contributed by atoms with van der Waals surface area (Å²) in [4.78, 5) is 40.1. The Bertz CT molecular complexity index is 642. The number of carbonyl (C=O) groups excluding carboxylic acids is 3. The molecule has 8 heteroatoms. The predicted octanol–water partition coefficient (Wildman–Crippen LogP) is 1.99. The van der Waals surface area contributed by atoms with Crippen molar-refractivity contribution >= 4 is 17.9 Å². The lowest BCUT2D eigenvalue weighted by molar-refractivity contribution is -0.141. The van der Waals surface area contributed by atoms with Crippen molar-refractivity contribution in [2.24, 2.45) is 13.0 Å². The number of carbonyl (C=O) groups is 3. The largest absolute Gasteiger partial charge is 0.465 e. The zero-order valence-electron chi connectivity index (χ0n) is 17.7. The van der Waals surface area contributed by atoms with Gasteiger partial charge in [0.05, 0.1) is 13.2 Å². The van der Waals surface area contributed by atoms with Crippen molar-refractivity contribution in [1.29, 1.82) is 0 Å². The number of hydrogen-bond donors (Lipinski definition) is 1. The van der Waals surface area contributed by atoms with E-state index < -0.39 is 12.0 Å². The maximum absolute atomic E-state index is 12.9. The standard InChI is InChI=1S/C20H34N4O4/c1-6-10-23(20(27)21-12-19(26)28-7-2)15-18(25)24(13-16(3)4)14-17-9-8-11-22(17)5/h8-9,11,16H,6-7,10,12-15H2,1-5H3,(H,21,27). The number of urea groups is 1. The molecule has 0 aromatic carbocycles. The van der Waals surface area contributed by atoms with Gasteiger partial charge in [0.25, 0.3) is 0 Å². The highest BCUT2D eigenvalue weighted by molar-refractivity contribution is 5.86. The summed E-state index contributed by atoms with van der Waals surface area (Å²) < 4.78 is 6.80. The van der Waals surface area contributed by atoms with Gasteiger partial charge in [0.2, 0.25) is 5.91 Å². The first-order valence-electron chi connectivity index (χ1n) is 9.84. The van der Waals surface area contributed by atoms with Crippen LogP contribution < -0.4 is 5.32 Å². The molecule has 1 aromatic heterocycles. The minimum atomic E-state index is -0.497. The molecule has 0 unspecified atom stereocenters. The first-order valence-corrected chi connectivity index (χ1v) is 9.84. The van der Waals surface area contributed by atoms with E-state index in [1.54, 1.807) is 11.8 Å². The highest BCUT2D eigenvalue weighted by atomic mass is 16.5. The molecule has 0 saturated carbocycles. The Morgan fingerprint density at radius 1 is 1.21 bits per heavy atom. The van der Waals surface area contributed by atoms with Gasteiger partial charge in [0.15, 0.2) is 0 Å². The number of amides is 3. The van der Waals surface area contributed by atoms with Crippen LogP contribution in [0.2, 0.25) is 0 Å². The third kappa shape index (κ3) is 8.02. The third-order valence-electron chi connectivity index (χ3n) is 4.14. The van der Waals surface area contributed by atoms with Crippen LogP contribution in [0.5, 0.6) is 0 Å². The van der Waals surface area contributed by atoms with E-state index in [4.69, 9.17) is 4.74 Å². The van der Waals surface area contributed by atoms with Gasteiger partial charge in [-0.15, -0.1) is 0 Å². The van der Waals surface area contributed by atoms with E-state index >= 15 is 0 Å². The van der Waals surface area contributed by atoms with E-state index in [1.165, 1.54) is 4.90 Å². The van der Waals surface area contributed by atoms with E-state index in [0.29, 0.717) is 32.0 Å². The number of rotatable bonds is 11. The molecule has 0 saturated heterocycles.